The molecule has 0 nitrogen and oxygen atoms in total. The van der Waals surface area contributed by atoms with E-state index in [0.717, 1.165) is 10.5 Å². The van der Waals surface area contributed by atoms with Crippen LogP contribution in [-0.4, -0.2) is 0 Å². The van der Waals surface area contributed by atoms with Gasteiger partial charge in [-0.3, -0.25) is 0 Å². The molecule has 0 spiro atoms. The average molecular weight is 217 g/mol. The highest BCUT2D eigenvalue weighted by molar-refractivity contribution is 7.58. The number of benzene rings is 1. The van der Waals surface area contributed by atoms with Crippen LogP contribution in [0.2, 0.25) is 0 Å². The predicted octanol–water partition coefficient (Wildman–Crippen LogP) is 3.18. The Morgan fingerprint density at radius 3 is 2.00 bits per heavy atom. The molecule has 0 fully saturated rings. The monoisotopic (exact) mass is 217 g/mol. The first-order valence-electron chi connectivity index (χ1n) is 4.77. The summed E-state index contributed by atoms with van der Waals surface area (Å²) in [7, 11) is 0. The molecule has 0 aromatic heterocycles. The molecule has 0 saturated heterocycles. The Hall–Kier alpha value is -1.39. The van der Waals surface area contributed by atoms with E-state index in [2.05, 4.69) is 18.5 Å². The molecule has 0 aliphatic rings. The second kappa shape index (κ2) is 9.18. The molecule has 0 atom stereocenters. The molecule has 1 aromatic carbocycles. The Morgan fingerprint density at radius 2 is 1.67 bits per heavy atom. The van der Waals surface area contributed by atoms with E-state index in [-0.39, 0.29) is 0 Å². The Kier molecular flexibility index (Phi) is 8.33. The van der Waals surface area contributed by atoms with Crippen LogP contribution in [0.1, 0.15) is 19.4 Å². The third kappa shape index (κ3) is 6.65. The fourth-order valence-electron chi connectivity index (χ4n) is 0.831. The lowest BCUT2D eigenvalue weighted by molar-refractivity contribution is 1.43. The van der Waals surface area contributed by atoms with Gasteiger partial charge < -0.3 is 0 Å². The minimum absolute atomic E-state index is 0.897. The Labute approximate surface area is 98.1 Å². The van der Waals surface area contributed by atoms with Crippen molar-refractivity contribution in [2.75, 3.05) is 0 Å². The lowest BCUT2D eigenvalue weighted by atomic mass is 10.2. The van der Waals surface area contributed by atoms with Crippen LogP contribution in [0.4, 0.5) is 0 Å². The third-order valence-electron chi connectivity index (χ3n) is 1.58. The van der Waals surface area contributed by atoms with Gasteiger partial charge in [0, 0.05) is 0 Å². The summed E-state index contributed by atoms with van der Waals surface area (Å²) >= 11 is 3.36. The van der Waals surface area contributed by atoms with Crippen molar-refractivity contribution < 1.29 is 0 Å². The summed E-state index contributed by atoms with van der Waals surface area (Å²) in [5.74, 6) is 2.55. The predicted molar refractivity (Wildman–Crippen MR) is 72.4 cm³/mol. The van der Waals surface area contributed by atoms with Crippen LogP contribution >= 0.6 is 0 Å². The number of allylic oxidation sites excluding steroid dienone is 4. The summed E-state index contributed by atoms with van der Waals surface area (Å²) in [6.07, 6.45) is 13.2. The summed E-state index contributed by atoms with van der Waals surface area (Å²) in [6, 6.07) is 7.66. The number of hydrogen-bond acceptors (Lipinski definition) is 0. The van der Waals surface area contributed by atoms with Gasteiger partial charge in [-0.2, -0.15) is 0 Å². The van der Waals surface area contributed by atoms with Crippen LogP contribution in [0.3, 0.4) is 0 Å². The van der Waals surface area contributed by atoms with Gasteiger partial charge in [0.1, 0.15) is 0 Å². The van der Waals surface area contributed by atoms with Gasteiger partial charge in [-0.15, -0.1) is 6.42 Å². The molecule has 0 bridgehead atoms. The molecule has 1 heteroatoms. The van der Waals surface area contributed by atoms with Gasteiger partial charge >= 0.3 is 0 Å². The van der Waals surface area contributed by atoms with Crippen molar-refractivity contribution in [2.45, 2.75) is 18.7 Å². The minimum atomic E-state index is 0.897. The van der Waals surface area contributed by atoms with E-state index in [1.807, 2.05) is 62.4 Å². The van der Waals surface area contributed by atoms with Crippen LogP contribution in [-0.2, 0) is 12.6 Å². The van der Waals surface area contributed by atoms with Gasteiger partial charge in [-0.1, -0.05) is 42.4 Å². The zero-order valence-electron chi connectivity index (χ0n) is 9.20. The Bertz CT molecular complexity index is 357. The molecule has 0 aliphatic heterocycles. The van der Waals surface area contributed by atoms with Crippen molar-refractivity contribution in [2.24, 2.45) is 0 Å². The molecule has 0 saturated carbocycles. The largest absolute Gasteiger partial charge is 0.165 e. The SMILES string of the molecule is C#Cc1ccccc1[SH2+].C/C=C\C=C/C. The normalized spacial score (nSPS) is 9.73. The molecular formula is C14H17S+. The maximum Gasteiger partial charge on any atom is 0.165 e. The van der Waals surface area contributed by atoms with E-state index < -0.39 is 0 Å². The van der Waals surface area contributed by atoms with Gasteiger partial charge in [0.2, 0.25) is 0 Å². The van der Waals surface area contributed by atoms with Crippen molar-refractivity contribution in [3.63, 3.8) is 0 Å². The second-order valence-corrected chi connectivity index (χ2v) is 3.28. The molecule has 0 heterocycles. The topological polar surface area (TPSA) is 0 Å². The van der Waals surface area contributed by atoms with E-state index in [1.165, 1.54) is 0 Å². The smallest absolute Gasteiger partial charge is 0.114 e. The maximum atomic E-state index is 5.17. The molecule has 15 heavy (non-hydrogen) atoms. The van der Waals surface area contributed by atoms with E-state index in [4.69, 9.17) is 6.42 Å². The zero-order chi connectivity index (χ0) is 11.5. The minimum Gasteiger partial charge on any atom is -0.114 e. The Morgan fingerprint density at radius 1 is 1.13 bits per heavy atom. The van der Waals surface area contributed by atoms with E-state index in [1.54, 1.807) is 0 Å². The summed E-state index contributed by atoms with van der Waals surface area (Å²) in [6.45, 7) is 4.00. The van der Waals surface area contributed by atoms with Gasteiger partial charge in [-0.25, -0.2) is 0 Å². The fraction of sp³-hybridized carbons (Fsp3) is 0.143. The fourth-order valence-corrected chi connectivity index (χ4v) is 1.08. The molecule has 0 radical (unpaired) electrons. The number of hydrogen-bond donors (Lipinski definition) is 0. The first-order chi connectivity index (χ1) is 7.26. The molecule has 0 amide bonds. The lowest BCUT2D eigenvalue weighted by Crippen LogP contribution is -1.76. The zero-order valence-corrected chi connectivity index (χ0v) is 10.2. The molecule has 0 aliphatic carbocycles. The quantitative estimate of drug-likeness (QED) is 0.385. The summed E-state index contributed by atoms with van der Waals surface area (Å²) in [5.41, 5.74) is 0.897. The Balaban J connectivity index is 0.000000288. The lowest BCUT2D eigenvalue weighted by Gasteiger charge is -1.86. The molecule has 1 aromatic rings. The van der Waals surface area contributed by atoms with Gasteiger partial charge in [0.25, 0.3) is 0 Å². The first kappa shape index (κ1) is 13.6. The van der Waals surface area contributed by atoms with E-state index in [9.17, 15) is 0 Å². The summed E-state index contributed by atoms with van der Waals surface area (Å²) in [5, 5.41) is 0. The van der Waals surface area contributed by atoms with Crippen molar-refractivity contribution in [1.29, 1.82) is 0 Å². The van der Waals surface area contributed by atoms with Crippen LogP contribution in [0, 0.1) is 12.3 Å². The maximum absolute atomic E-state index is 5.17. The van der Waals surface area contributed by atoms with Crippen molar-refractivity contribution >= 4 is 12.6 Å². The van der Waals surface area contributed by atoms with Gasteiger partial charge in [-0.05, 0) is 38.6 Å². The van der Waals surface area contributed by atoms with E-state index >= 15 is 0 Å². The highest BCUT2D eigenvalue weighted by atomic mass is 32.1. The number of rotatable bonds is 1. The van der Waals surface area contributed by atoms with Crippen molar-refractivity contribution in [1.82, 2.24) is 0 Å². The highest BCUT2D eigenvalue weighted by Gasteiger charge is 1.95. The van der Waals surface area contributed by atoms with Gasteiger partial charge in [0.05, 0.1) is 5.56 Å². The second-order valence-electron chi connectivity index (χ2n) is 2.74. The van der Waals surface area contributed by atoms with Crippen molar-refractivity contribution in [3.05, 3.63) is 54.1 Å². The summed E-state index contributed by atoms with van der Waals surface area (Å²) in [4.78, 5) is 0.972. The first-order valence-corrected chi connectivity index (χ1v) is 5.27. The standard InChI is InChI=1S/C8H6S.C6H10/c1-2-7-5-3-4-6-8(7)9;1-3-5-6-4-2/h1,3-6,9H;3-6H,1-2H3/p+1/b;5-3-,6-4-. The average Bonchev–Trinajstić information content (AvgIpc) is 2.28. The van der Waals surface area contributed by atoms with Gasteiger partial charge in [0.15, 0.2) is 4.90 Å². The van der Waals surface area contributed by atoms with Crippen LogP contribution < -0.4 is 0 Å². The molecular weight excluding hydrogens is 200 g/mol. The molecule has 0 unspecified atom stereocenters. The van der Waals surface area contributed by atoms with E-state index in [0.29, 0.717) is 0 Å². The molecule has 0 N–H and O–H groups in total. The van der Waals surface area contributed by atoms with Crippen molar-refractivity contribution in [3.8, 4) is 12.3 Å². The van der Waals surface area contributed by atoms with Crippen LogP contribution in [0.5, 0.6) is 0 Å². The van der Waals surface area contributed by atoms with Crippen LogP contribution in [0.15, 0.2) is 53.5 Å². The third-order valence-corrected chi connectivity index (χ3v) is 2.01. The number of terminal acetylenes is 1. The summed E-state index contributed by atoms with van der Waals surface area (Å²) < 4.78 is 0. The highest BCUT2D eigenvalue weighted by Crippen LogP contribution is 2.04. The molecule has 1 rings (SSSR count). The van der Waals surface area contributed by atoms with Crippen LogP contribution in [0.25, 0.3) is 0 Å². The molecule has 78 valence electrons.